The van der Waals surface area contributed by atoms with E-state index in [2.05, 4.69) is 28.3 Å². The molecular weight excluding hydrogens is 456 g/mol. The van der Waals surface area contributed by atoms with Crippen LogP contribution in [-0.4, -0.2) is 40.8 Å². The van der Waals surface area contributed by atoms with E-state index in [4.69, 9.17) is 26.2 Å². The van der Waals surface area contributed by atoms with E-state index in [-0.39, 0.29) is 18.4 Å². The van der Waals surface area contributed by atoms with Crippen LogP contribution < -0.4 is 19.7 Å². The standard InChI is InChI=1S/C25H25ClN4O4/c1-2-8-30(25-27-11-16(26)12-28-25)21-5-3-4-19-20(14-34-24(19)21)29-17-6-7-18-15(9-23(31)32)13-33-22(18)10-17/h3-7,10-12,15,20,29H,2,8-9,13-14H2,1H3,(H,31,32)/t15-,20-/m1/s1. The van der Waals surface area contributed by atoms with Crippen molar-refractivity contribution in [2.75, 3.05) is 30.0 Å². The number of anilines is 3. The van der Waals surface area contributed by atoms with Crippen molar-refractivity contribution in [2.24, 2.45) is 0 Å². The minimum Gasteiger partial charge on any atom is -0.493 e. The Balaban J connectivity index is 1.39. The summed E-state index contributed by atoms with van der Waals surface area (Å²) in [4.78, 5) is 22.0. The van der Waals surface area contributed by atoms with Crippen molar-refractivity contribution < 1.29 is 19.4 Å². The van der Waals surface area contributed by atoms with Crippen molar-refractivity contribution in [3.63, 3.8) is 0 Å². The van der Waals surface area contributed by atoms with E-state index in [1.807, 2.05) is 35.2 Å². The second-order valence-corrected chi connectivity index (χ2v) is 8.85. The highest BCUT2D eigenvalue weighted by atomic mass is 35.5. The molecule has 0 amide bonds. The fraction of sp³-hybridized carbons (Fsp3) is 0.320. The number of carboxylic acid groups (broad SMARTS) is 1. The van der Waals surface area contributed by atoms with Gasteiger partial charge in [0.2, 0.25) is 5.95 Å². The minimum absolute atomic E-state index is 0.0427. The summed E-state index contributed by atoms with van der Waals surface area (Å²) in [6.07, 6.45) is 4.17. The molecule has 3 aromatic rings. The Morgan fingerprint density at radius 1 is 1.18 bits per heavy atom. The summed E-state index contributed by atoms with van der Waals surface area (Å²) in [5.74, 6) is 1.19. The SMILES string of the molecule is CCCN(c1ncc(Cl)cn1)c1cccc2c1OC[C@H]2Nc1ccc2c(c1)OC[C@H]2CC(=O)O. The van der Waals surface area contributed by atoms with Crippen LogP contribution in [0.15, 0.2) is 48.8 Å². The van der Waals surface area contributed by atoms with Crippen LogP contribution in [0.3, 0.4) is 0 Å². The molecule has 9 heteroatoms. The number of nitrogens with one attached hydrogen (secondary N) is 1. The third-order valence-corrected chi connectivity index (χ3v) is 6.23. The molecule has 0 saturated carbocycles. The number of aliphatic carboxylic acids is 1. The zero-order valence-corrected chi connectivity index (χ0v) is 19.5. The molecule has 2 aliphatic heterocycles. The number of fused-ring (bicyclic) bond motifs is 2. The molecule has 176 valence electrons. The Morgan fingerprint density at radius 3 is 2.76 bits per heavy atom. The quantitative estimate of drug-likeness (QED) is 0.455. The molecule has 2 aliphatic rings. The van der Waals surface area contributed by atoms with Gasteiger partial charge in [-0.2, -0.15) is 0 Å². The van der Waals surface area contributed by atoms with Crippen LogP contribution >= 0.6 is 11.6 Å². The Labute approximate surface area is 202 Å². The molecule has 0 aliphatic carbocycles. The van der Waals surface area contributed by atoms with E-state index in [0.717, 1.165) is 47.0 Å². The number of carbonyl (C=O) groups is 1. The van der Waals surface area contributed by atoms with Crippen molar-refractivity contribution in [3.8, 4) is 11.5 Å². The second kappa shape index (κ2) is 9.38. The van der Waals surface area contributed by atoms with E-state index < -0.39 is 5.97 Å². The number of benzene rings is 2. The van der Waals surface area contributed by atoms with Gasteiger partial charge in [-0.25, -0.2) is 9.97 Å². The molecule has 3 heterocycles. The van der Waals surface area contributed by atoms with E-state index in [0.29, 0.717) is 24.2 Å². The van der Waals surface area contributed by atoms with Gasteiger partial charge in [0.05, 0.1) is 42.2 Å². The molecule has 0 spiro atoms. The second-order valence-electron chi connectivity index (χ2n) is 8.41. The fourth-order valence-corrected chi connectivity index (χ4v) is 4.60. The topological polar surface area (TPSA) is 96.8 Å². The summed E-state index contributed by atoms with van der Waals surface area (Å²) in [5.41, 5.74) is 3.81. The monoisotopic (exact) mass is 480 g/mol. The zero-order chi connectivity index (χ0) is 23.7. The number of carboxylic acids is 1. The highest BCUT2D eigenvalue weighted by molar-refractivity contribution is 6.30. The molecule has 5 rings (SSSR count). The minimum atomic E-state index is -0.819. The molecule has 34 heavy (non-hydrogen) atoms. The number of hydrogen-bond donors (Lipinski definition) is 2. The average molecular weight is 481 g/mol. The van der Waals surface area contributed by atoms with Gasteiger partial charge in [0, 0.05) is 35.3 Å². The van der Waals surface area contributed by atoms with Crippen molar-refractivity contribution in [1.82, 2.24) is 9.97 Å². The van der Waals surface area contributed by atoms with E-state index >= 15 is 0 Å². The summed E-state index contributed by atoms with van der Waals surface area (Å²) in [7, 11) is 0. The van der Waals surface area contributed by atoms with Crippen LogP contribution in [0.2, 0.25) is 5.02 Å². The van der Waals surface area contributed by atoms with Crippen LogP contribution in [0.5, 0.6) is 11.5 Å². The first-order valence-corrected chi connectivity index (χ1v) is 11.7. The third-order valence-electron chi connectivity index (χ3n) is 6.04. The third kappa shape index (κ3) is 4.33. The van der Waals surface area contributed by atoms with Gasteiger partial charge in [-0.05, 0) is 18.6 Å². The molecular formula is C25H25ClN4O4. The molecule has 0 bridgehead atoms. The smallest absolute Gasteiger partial charge is 0.304 e. The van der Waals surface area contributed by atoms with Gasteiger partial charge in [-0.15, -0.1) is 0 Å². The van der Waals surface area contributed by atoms with Gasteiger partial charge >= 0.3 is 5.97 Å². The van der Waals surface area contributed by atoms with Crippen LogP contribution in [0, 0.1) is 0 Å². The number of nitrogens with zero attached hydrogens (tertiary/aromatic N) is 3. The lowest BCUT2D eigenvalue weighted by Crippen LogP contribution is -2.20. The van der Waals surface area contributed by atoms with Gasteiger partial charge in [-0.1, -0.05) is 36.7 Å². The summed E-state index contributed by atoms with van der Waals surface area (Å²) in [6.45, 7) is 3.71. The number of halogens is 1. The van der Waals surface area contributed by atoms with Gasteiger partial charge in [0.25, 0.3) is 0 Å². The first-order chi connectivity index (χ1) is 16.5. The van der Waals surface area contributed by atoms with E-state index in [9.17, 15) is 4.79 Å². The number of para-hydroxylation sites is 1. The van der Waals surface area contributed by atoms with E-state index in [1.165, 1.54) is 0 Å². The Kier molecular flexibility index (Phi) is 6.15. The first kappa shape index (κ1) is 22.3. The van der Waals surface area contributed by atoms with Gasteiger partial charge in [-0.3, -0.25) is 4.79 Å². The van der Waals surface area contributed by atoms with Crippen LogP contribution in [0.4, 0.5) is 17.3 Å². The molecule has 2 atom stereocenters. The molecule has 0 unspecified atom stereocenters. The lowest BCUT2D eigenvalue weighted by molar-refractivity contribution is -0.137. The van der Waals surface area contributed by atoms with Crippen molar-refractivity contribution in [3.05, 3.63) is 64.9 Å². The summed E-state index contributed by atoms with van der Waals surface area (Å²) in [5, 5.41) is 13.1. The van der Waals surface area contributed by atoms with E-state index in [1.54, 1.807) is 12.4 Å². The average Bonchev–Trinajstić information content (AvgIpc) is 3.42. The molecule has 1 aromatic heterocycles. The molecule has 2 N–H and O–H groups in total. The summed E-state index contributed by atoms with van der Waals surface area (Å²) < 4.78 is 11.9. The molecule has 0 radical (unpaired) electrons. The number of rotatable bonds is 8. The van der Waals surface area contributed by atoms with Crippen molar-refractivity contribution in [1.29, 1.82) is 0 Å². The largest absolute Gasteiger partial charge is 0.493 e. The zero-order valence-electron chi connectivity index (χ0n) is 18.7. The van der Waals surface area contributed by atoms with Crippen molar-refractivity contribution >= 4 is 34.9 Å². The normalized spacial score (nSPS) is 17.9. The van der Waals surface area contributed by atoms with Gasteiger partial charge < -0.3 is 24.8 Å². The first-order valence-electron chi connectivity index (χ1n) is 11.3. The Morgan fingerprint density at radius 2 is 2.00 bits per heavy atom. The maximum Gasteiger partial charge on any atom is 0.304 e. The number of aromatic nitrogens is 2. The highest BCUT2D eigenvalue weighted by Gasteiger charge is 2.30. The van der Waals surface area contributed by atoms with Crippen LogP contribution in [-0.2, 0) is 4.79 Å². The predicted octanol–water partition coefficient (Wildman–Crippen LogP) is 5.17. The molecule has 0 fully saturated rings. The highest BCUT2D eigenvalue weighted by Crippen LogP contribution is 2.44. The van der Waals surface area contributed by atoms with Crippen molar-refractivity contribution in [2.45, 2.75) is 31.7 Å². The summed E-state index contributed by atoms with van der Waals surface area (Å²) >= 11 is 5.98. The predicted molar refractivity (Wildman–Crippen MR) is 130 cm³/mol. The maximum absolute atomic E-state index is 11.1. The lowest BCUT2D eigenvalue weighted by Gasteiger charge is -2.24. The molecule has 8 nitrogen and oxygen atoms in total. The number of ether oxygens (including phenoxy) is 2. The summed E-state index contributed by atoms with van der Waals surface area (Å²) in [6, 6.07) is 11.9. The maximum atomic E-state index is 11.1. The Bertz CT molecular complexity index is 1200. The van der Waals surface area contributed by atoms with Gasteiger partial charge in [0.15, 0.2) is 0 Å². The van der Waals surface area contributed by atoms with Crippen LogP contribution in [0.25, 0.3) is 0 Å². The fourth-order valence-electron chi connectivity index (χ4n) is 4.51. The molecule has 2 aromatic carbocycles. The van der Waals surface area contributed by atoms with Gasteiger partial charge in [0.1, 0.15) is 18.1 Å². The number of hydrogen-bond acceptors (Lipinski definition) is 7. The van der Waals surface area contributed by atoms with Crippen LogP contribution in [0.1, 0.15) is 42.9 Å². The lowest BCUT2D eigenvalue weighted by atomic mass is 9.97. The molecule has 0 saturated heterocycles. The Hall–Kier alpha value is -3.52.